The van der Waals surface area contributed by atoms with Crippen LogP contribution in [0.25, 0.3) is 0 Å². The first-order chi connectivity index (χ1) is 8.70. The van der Waals surface area contributed by atoms with Crippen LogP contribution in [0.15, 0.2) is 12.2 Å². The van der Waals surface area contributed by atoms with Gasteiger partial charge in [-0.05, 0) is 33.1 Å². The van der Waals surface area contributed by atoms with E-state index in [1.807, 2.05) is 12.2 Å². The first kappa shape index (κ1) is 14.7. The number of carbonyl (C=O) groups excluding carboxylic acids is 2. The predicted molar refractivity (Wildman–Crippen MR) is 67.9 cm³/mol. The van der Waals surface area contributed by atoms with Crippen molar-refractivity contribution >= 4 is 11.9 Å². The highest BCUT2D eigenvalue weighted by molar-refractivity contribution is 5.95. The number of hydrogen-bond acceptors (Lipinski definition) is 4. The summed E-state index contributed by atoms with van der Waals surface area (Å²) in [5, 5.41) is 0. The van der Waals surface area contributed by atoms with E-state index in [-0.39, 0.29) is 19.1 Å². The molecule has 18 heavy (non-hydrogen) atoms. The lowest BCUT2D eigenvalue weighted by Crippen LogP contribution is -2.33. The fourth-order valence-electron chi connectivity index (χ4n) is 2.20. The molecule has 0 N–H and O–H groups in total. The zero-order valence-electron chi connectivity index (χ0n) is 11.2. The van der Waals surface area contributed by atoms with E-state index < -0.39 is 17.9 Å². The van der Waals surface area contributed by atoms with Crippen molar-refractivity contribution in [3.05, 3.63) is 12.2 Å². The van der Waals surface area contributed by atoms with Crippen molar-refractivity contribution < 1.29 is 19.1 Å². The maximum Gasteiger partial charge on any atom is 0.320 e. The first-order valence-electron chi connectivity index (χ1n) is 6.70. The normalized spacial score (nSPS) is 19.4. The number of esters is 2. The second kappa shape index (κ2) is 7.90. The van der Waals surface area contributed by atoms with Gasteiger partial charge >= 0.3 is 11.9 Å². The van der Waals surface area contributed by atoms with E-state index in [9.17, 15) is 9.59 Å². The van der Waals surface area contributed by atoms with Crippen molar-refractivity contribution in [1.82, 2.24) is 0 Å². The van der Waals surface area contributed by atoms with E-state index in [1.54, 1.807) is 13.8 Å². The van der Waals surface area contributed by atoms with Crippen LogP contribution in [0.4, 0.5) is 0 Å². The zero-order chi connectivity index (χ0) is 13.4. The summed E-state index contributed by atoms with van der Waals surface area (Å²) in [6.07, 6.45) is 7.97. The molecule has 0 aromatic rings. The smallest absolute Gasteiger partial charge is 0.320 e. The molecular formula is C14H22O4. The summed E-state index contributed by atoms with van der Waals surface area (Å²) in [7, 11) is 0. The van der Waals surface area contributed by atoms with Crippen LogP contribution >= 0.6 is 0 Å². The molecule has 1 aliphatic carbocycles. The average molecular weight is 254 g/mol. The molecule has 0 radical (unpaired) electrons. The van der Waals surface area contributed by atoms with Crippen LogP contribution in [-0.4, -0.2) is 25.2 Å². The van der Waals surface area contributed by atoms with E-state index in [0.29, 0.717) is 0 Å². The van der Waals surface area contributed by atoms with Crippen LogP contribution in [0.3, 0.4) is 0 Å². The highest BCUT2D eigenvalue weighted by atomic mass is 16.6. The Bertz CT molecular complexity index is 291. The fourth-order valence-corrected chi connectivity index (χ4v) is 2.20. The minimum Gasteiger partial charge on any atom is -0.465 e. The molecule has 4 nitrogen and oxygen atoms in total. The molecule has 0 saturated heterocycles. The Hall–Kier alpha value is -1.32. The molecule has 1 atom stereocenters. The summed E-state index contributed by atoms with van der Waals surface area (Å²) in [4.78, 5) is 23.8. The lowest BCUT2D eigenvalue weighted by atomic mass is 9.88. The Labute approximate surface area is 108 Å². The molecule has 0 fully saturated rings. The van der Waals surface area contributed by atoms with E-state index in [2.05, 4.69) is 0 Å². The van der Waals surface area contributed by atoms with E-state index in [4.69, 9.17) is 9.47 Å². The van der Waals surface area contributed by atoms with Crippen molar-refractivity contribution in [3.8, 4) is 0 Å². The van der Waals surface area contributed by atoms with Crippen LogP contribution < -0.4 is 0 Å². The Morgan fingerprint density at radius 3 is 2.33 bits per heavy atom. The molecule has 0 amide bonds. The van der Waals surface area contributed by atoms with Gasteiger partial charge in [0.05, 0.1) is 13.2 Å². The molecular weight excluding hydrogens is 232 g/mol. The highest BCUT2D eigenvalue weighted by Crippen LogP contribution is 2.26. The number of ether oxygens (including phenoxy) is 2. The quantitative estimate of drug-likeness (QED) is 0.429. The number of carbonyl (C=O) groups is 2. The molecule has 1 aliphatic rings. The van der Waals surface area contributed by atoms with Gasteiger partial charge in [-0.3, -0.25) is 9.59 Å². The van der Waals surface area contributed by atoms with Crippen LogP contribution in [0.2, 0.25) is 0 Å². The SMILES string of the molecule is CCOC(=O)C(C(=O)OCC)[C@H]1C=CCCCC1. The van der Waals surface area contributed by atoms with Gasteiger partial charge in [-0.1, -0.05) is 18.6 Å². The largest absolute Gasteiger partial charge is 0.465 e. The Balaban J connectivity index is 2.80. The minimum atomic E-state index is -0.806. The fraction of sp³-hybridized carbons (Fsp3) is 0.714. The van der Waals surface area contributed by atoms with Gasteiger partial charge in [-0.25, -0.2) is 0 Å². The topological polar surface area (TPSA) is 52.6 Å². The summed E-state index contributed by atoms with van der Waals surface area (Å²) in [6.45, 7) is 4.04. The third-order valence-corrected chi connectivity index (χ3v) is 3.05. The molecule has 0 saturated carbocycles. The first-order valence-corrected chi connectivity index (χ1v) is 6.70. The predicted octanol–water partition coefficient (Wildman–Crippen LogP) is 2.48. The molecule has 1 rings (SSSR count). The Kier molecular flexibility index (Phi) is 6.47. The zero-order valence-corrected chi connectivity index (χ0v) is 11.2. The van der Waals surface area contributed by atoms with Gasteiger partial charge in [0.15, 0.2) is 5.92 Å². The van der Waals surface area contributed by atoms with Crippen molar-refractivity contribution in [1.29, 1.82) is 0 Å². The maximum atomic E-state index is 11.9. The summed E-state index contributed by atoms with van der Waals surface area (Å²) < 4.78 is 9.98. The third kappa shape index (κ3) is 4.17. The molecule has 4 heteroatoms. The van der Waals surface area contributed by atoms with Crippen molar-refractivity contribution in [2.24, 2.45) is 11.8 Å². The van der Waals surface area contributed by atoms with Crippen LogP contribution in [0.5, 0.6) is 0 Å². The van der Waals surface area contributed by atoms with E-state index in [0.717, 1.165) is 25.7 Å². The van der Waals surface area contributed by atoms with Gasteiger partial charge in [0.25, 0.3) is 0 Å². The van der Waals surface area contributed by atoms with Gasteiger partial charge < -0.3 is 9.47 Å². The summed E-state index contributed by atoms with van der Waals surface area (Å²) in [5.74, 6) is -1.83. The molecule has 102 valence electrons. The molecule has 0 unspecified atom stereocenters. The third-order valence-electron chi connectivity index (χ3n) is 3.05. The van der Waals surface area contributed by atoms with Crippen molar-refractivity contribution in [3.63, 3.8) is 0 Å². The molecule has 0 aromatic carbocycles. The van der Waals surface area contributed by atoms with Crippen molar-refractivity contribution in [2.75, 3.05) is 13.2 Å². The summed E-state index contributed by atoms with van der Waals surface area (Å²) in [5.41, 5.74) is 0. The second-order valence-corrected chi connectivity index (χ2v) is 4.36. The van der Waals surface area contributed by atoms with E-state index >= 15 is 0 Å². The lowest BCUT2D eigenvalue weighted by molar-refractivity contribution is -0.163. The van der Waals surface area contributed by atoms with E-state index in [1.165, 1.54) is 0 Å². The molecule has 0 aromatic heterocycles. The second-order valence-electron chi connectivity index (χ2n) is 4.36. The Morgan fingerprint density at radius 1 is 1.17 bits per heavy atom. The summed E-state index contributed by atoms with van der Waals surface area (Å²) >= 11 is 0. The van der Waals surface area contributed by atoms with Crippen molar-refractivity contribution in [2.45, 2.75) is 39.5 Å². The molecule has 0 aliphatic heterocycles. The lowest BCUT2D eigenvalue weighted by Gasteiger charge is -2.20. The van der Waals surface area contributed by atoms with Gasteiger partial charge in [0, 0.05) is 5.92 Å². The van der Waals surface area contributed by atoms with Gasteiger partial charge in [-0.2, -0.15) is 0 Å². The van der Waals surface area contributed by atoms with Gasteiger partial charge in [-0.15, -0.1) is 0 Å². The molecule has 0 heterocycles. The number of allylic oxidation sites excluding steroid dienone is 2. The Morgan fingerprint density at radius 2 is 1.78 bits per heavy atom. The standard InChI is InChI=1S/C14H22O4/c1-3-17-13(15)12(14(16)18-4-2)11-9-7-5-6-8-10-11/h7,9,11-12H,3-6,8,10H2,1-2H3/t11-/m0/s1. The number of hydrogen-bond donors (Lipinski definition) is 0. The monoisotopic (exact) mass is 254 g/mol. The minimum absolute atomic E-state index is 0.0920. The average Bonchev–Trinajstić information content (AvgIpc) is 2.59. The molecule has 0 spiro atoms. The van der Waals surface area contributed by atoms with Crippen LogP contribution in [0.1, 0.15) is 39.5 Å². The molecule has 0 bridgehead atoms. The van der Waals surface area contributed by atoms with Crippen LogP contribution in [0, 0.1) is 11.8 Å². The van der Waals surface area contributed by atoms with Gasteiger partial charge in [0.2, 0.25) is 0 Å². The van der Waals surface area contributed by atoms with Gasteiger partial charge in [0.1, 0.15) is 0 Å². The maximum absolute atomic E-state index is 11.9. The van der Waals surface area contributed by atoms with Crippen LogP contribution in [-0.2, 0) is 19.1 Å². The summed E-state index contributed by atoms with van der Waals surface area (Å²) in [6, 6.07) is 0. The highest BCUT2D eigenvalue weighted by Gasteiger charge is 2.36. The number of rotatable bonds is 5.